The number of hydrogen-bond acceptors (Lipinski definition) is 5. The van der Waals surface area contributed by atoms with Crippen molar-refractivity contribution in [2.45, 2.75) is 31.3 Å². The van der Waals surface area contributed by atoms with Gasteiger partial charge < -0.3 is 20.7 Å². The van der Waals surface area contributed by atoms with Gasteiger partial charge in [-0.05, 0) is 43.7 Å². The molecule has 1 spiro atoms. The third-order valence-corrected chi connectivity index (χ3v) is 7.31. The second-order valence-corrected chi connectivity index (χ2v) is 8.92. The van der Waals surface area contributed by atoms with E-state index >= 15 is 0 Å². The van der Waals surface area contributed by atoms with E-state index in [0.29, 0.717) is 18.0 Å². The van der Waals surface area contributed by atoms with Gasteiger partial charge in [0.1, 0.15) is 5.66 Å². The molecule has 29 heavy (non-hydrogen) atoms. The van der Waals surface area contributed by atoms with Crippen molar-refractivity contribution >= 4 is 17.5 Å². The van der Waals surface area contributed by atoms with E-state index in [-0.39, 0.29) is 23.7 Å². The summed E-state index contributed by atoms with van der Waals surface area (Å²) in [6.07, 6.45) is 3.77. The van der Waals surface area contributed by atoms with Crippen LogP contribution in [0.25, 0.3) is 0 Å². The molecule has 2 amide bonds. The Kier molecular flexibility index (Phi) is 4.95. The Hall–Kier alpha value is -2.12. The molecule has 0 aromatic heterocycles. The van der Waals surface area contributed by atoms with E-state index in [1.54, 1.807) is 0 Å². The summed E-state index contributed by atoms with van der Waals surface area (Å²) in [4.78, 5) is 27.9. The number of fused-ring (bicyclic) bond motifs is 3. The molecule has 1 aromatic carbocycles. The molecular formula is C22H30N4O3. The van der Waals surface area contributed by atoms with Crippen LogP contribution in [0.4, 0.5) is 5.69 Å². The fourth-order valence-corrected chi connectivity index (χ4v) is 5.76. The van der Waals surface area contributed by atoms with Gasteiger partial charge >= 0.3 is 0 Å². The number of morpholine rings is 1. The maximum absolute atomic E-state index is 12.9. The normalized spacial score (nSPS) is 33.7. The van der Waals surface area contributed by atoms with Crippen LogP contribution in [-0.2, 0) is 9.53 Å². The summed E-state index contributed by atoms with van der Waals surface area (Å²) in [5, 5.41) is 10.1. The van der Waals surface area contributed by atoms with Crippen LogP contribution >= 0.6 is 0 Å². The molecule has 2 bridgehead atoms. The highest BCUT2D eigenvalue weighted by Gasteiger charge is 2.55. The van der Waals surface area contributed by atoms with Gasteiger partial charge in [0.15, 0.2) is 0 Å². The lowest BCUT2D eigenvalue weighted by Crippen LogP contribution is -2.68. The minimum absolute atomic E-state index is 0.00147. The largest absolute Gasteiger partial charge is 0.379 e. The number of nitrogens with zero attached hydrogens (tertiary/aromatic N) is 1. The number of hydrogen-bond donors (Lipinski definition) is 3. The fourth-order valence-electron chi connectivity index (χ4n) is 5.76. The molecule has 3 unspecified atom stereocenters. The number of para-hydroxylation sites is 1. The number of anilines is 1. The average Bonchev–Trinajstić information content (AvgIpc) is 2.75. The second kappa shape index (κ2) is 7.61. The zero-order chi connectivity index (χ0) is 19.8. The molecule has 2 aliphatic heterocycles. The van der Waals surface area contributed by atoms with E-state index in [2.05, 4.69) is 20.9 Å². The van der Waals surface area contributed by atoms with Crippen molar-refractivity contribution < 1.29 is 14.3 Å². The van der Waals surface area contributed by atoms with E-state index in [4.69, 9.17) is 4.74 Å². The van der Waals surface area contributed by atoms with Crippen LogP contribution in [0.15, 0.2) is 24.3 Å². The Balaban J connectivity index is 1.21. The predicted octanol–water partition coefficient (Wildman–Crippen LogP) is 1.42. The van der Waals surface area contributed by atoms with Crippen molar-refractivity contribution in [3.05, 3.63) is 29.8 Å². The standard InChI is InChI=1S/C22H30N4O3/c27-20(23-7-8-26-9-11-29-12-10-26)18-13-16-6-5-15(18)14-22(16)24-19-4-2-1-3-17(19)21(28)25-22/h1-4,15-16,18,24H,5-14H2,(H,23,27)(H,25,28)/t15?,16?,18?,22-/m1/s1. The van der Waals surface area contributed by atoms with E-state index in [1.165, 1.54) is 0 Å². The fraction of sp³-hybridized carbons (Fsp3) is 0.636. The van der Waals surface area contributed by atoms with Gasteiger partial charge in [-0.1, -0.05) is 12.1 Å². The lowest BCUT2D eigenvalue weighted by atomic mass is 9.58. The maximum atomic E-state index is 12.9. The van der Waals surface area contributed by atoms with Crippen LogP contribution in [0.5, 0.6) is 0 Å². The van der Waals surface area contributed by atoms with Gasteiger partial charge in [0, 0.05) is 43.7 Å². The summed E-state index contributed by atoms with van der Waals surface area (Å²) in [5.74, 6) is 0.824. The Labute approximate surface area is 171 Å². The van der Waals surface area contributed by atoms with Crippen molar-refractivity contribution in [3.8, 4) is 0 Å². The van der Waals surface area contributed by atoms with Crippen molar-refractivity contribution in [2.24, 2.45) is 17.8 Å². The molecule has 1 aromatic rings. The number of ether oxygens (including phenoxy) is 1. The van der Waals surface area contributed by atoms with Gasteiger partial charge in [0.05, 0.1) is 18.8 Å². The van der Waals surface area contributed by atoms with Gasteiger partial charge in [-0.25, -0.2) is 0 Å². The van der Waals surface area contributed by atoms with Crippen molar-refractivity contribution in [3.63, 3.8) is 0 Å². The molecule has 0 radical (unpaired) electrons. The summed E-state index contributed by atoms with van der Waals surface area (Å²) in [6, 6.07) is 7.69. The first-order valence-electron chi connectivity index (χ1n) is 10.9. The quantitative estimate of drug-likeness (QED) is 0.715. The van der Waals surface area contributed by atoms with Gasteiger partial charge in [-0.3, -0.25) is 14.5 Å². The third kappa shape index (κ3) is 3.51. The van der Waals surface area contributed by atoms with E-state index < -0.39 is 5.66 Å². The maximum Gasteiger partial charge on any atom is 0.255 e. The predicted molar refractivity (Wildman–Crippen MR) is 109 cm³/mol. The molecule has 2 heterocycles. The zero-order valence-electron chi connectivity index (χ0n) is 16.8. The van der Waals surface area contributed by atoms with Gasteiger partial charge in [-0.15, -0.1) is 0 Å². The molecule has 156 valence electrons. The summed E-state index contributed by atoms with van der Waals surface area (Å²) in [5.41, 5.74) is 1.21. The molecule has 7 heteroatoms. The Morgan fingerprint density at radius 1 is 1.21 bits per heavy atom. The zero-order valence-corrected chi connectivity index (χ0v) is 16.8. The van der Waals surface area contributed by atoms with Crippen molar-refractivity contribution in [1.29, 1.82) is 0 Å². The van der Waals surface area contributed by atoms with Crippen LogP contribution in [0, 0.1) is 17.8 Å². The first-order chi connectivity index (χ1) is 14.1. The molecular weight excluding hydrogens is 368 g/mol. The summed E-state index contributed by atoms with van der Waals surface area (Å²) < 4.78 is 5.38. The number of nitrogens with one attached hydrogen (secondary N) is 3. The molecule has 3 aliphatic carbocycles. The highest BCUT2D eigenvalue weighted by molar-refractivity contribution is 6.02. The van der Waals surface area contributed by atoms with Gasteiger partial charge in [0.25, 0.3) is 5.91 Å². The molecule has 1 saturated heterocycles. The lowest BCUT2D eigenvalue weighted by Gasteiger charge is -2.56. The van der Waals surface area contributed by atoms with Crippen LogP contribution in [-0.4, -0.2) is 61.8 Å². The highest BCUT2D eigenvalue weighted by atomic mass is 16.5. The van der Waals surface area contributed by atoms with Gasteiger partial charge in [0.2, 0.25) is 5.91 Å². The van der Waals surface area contributed by atoms with E-state index in [9.17, 15) is 9.59 Å². The minimum Gasteiger partial charge on any atom is -0.379 e. The number of amides is 2. The first-order valence-corrected chi connectivity index (χ1v) is 10.9. The van der Waals surface area contributed by atoms with Gasteiger partial charge in [-0.2, -0.15) is 0 Å². The summed E-state index contributed by atoms with van der Waals surface area (Å²) >= 11 is 0. The average molecular weight is 399 g/mol. The van der Waals surface area contributed by atoms with Crippen LogP contribution in [0.1, 0.15) is 36.0 Å². The molecule has 6 rings (SSSR count). The third-order valence-electron chi connectivity index (χ3n) is 7.31. The summed E-state index contributed by atoms with van der Waals surface area (Å²) in [6.45, 7) is 5.03. The van der Waals surface area contributed by atoms with Crippen LogP contribution < -0.4 is 16.0 Å². The van der Waals surface area contributed by atoms with E-state index in [1.807, 2.05) is 24.3 Å². The SMILES string of the molecule is O=C1N[C@@]2(CC3CCC2CC3C(=O)NCCN2CCOCC2)Nc2ccccc21. The molecule has 4 fully saturated rings. The molecule has 3 saturated carbocycles. The van der Waals surface area contributed by atoms with Crippen LogP contribution in [0.2, 0.25) is 0 Å². The van der Waals surface area contributed by atoms with E-state index in [0.717, 1.165) is 64.2 Å². The Morgan fingerprint density at radius 2 is 2.03 bits per heavy atom. The number of carbonyl (C=O) groups excluding carboxylic acids is 2. The van der Waals surface area contributed by atoms with Crippen molar-refractivity contribution in [1.82, 2.24) is 15.5 Å². The monoisotopic (exact) mass is 398 g/mol. The smallest absolute Gasteiger partial charge is 0.255 e. The summed E-state index contributed by atoms with van der Waals surface area (Å²) in [7, 11) is 0. The topological polar surface area (TPSA) is 82.7 Å². The first kappa shape index (κ1) is 18.9. The minimum atomic E-state index is -0.404. The van der Waals surface area contributed by atoms with Crippen LogP contribution in [0.3, 0.4) is 0 Å². The molecule has 7 nitrogen and oxygen atoms in total. The van der Waals surface area contributed by atoms with Crippen molar-refractivity contribution in [2.75, 3.05) is 44.7 Å². The number of carbonyl (C=O) groups is 2. The molecule has 4 atom stereocenters. The molecule has 5 aliphatic rings. The second-order valence-electron chi connectivity index (χ2n) is 8.92. The Morgan fingerprint density at radius 3 is 2.83 bits per heavy atom. The number of rotatable bonds is 4. The highest BCUT2D eigenvalue weighted by Crippen LogP contribution is 2.51. The number of benzene rings is 1. The Bertz CT molecular complexity index is 794. The lowest BCUT2D eigenvalue weighted by molar-refractivity contribution is -0.132. The molecule has 3 N–H and O–H groups in total.